The molecule has 0 saturated heterocycles. The van der Waals surface area contributed by atoms with E-state index >= 15 is 0 Å². The molecule has 0 bridgehead atoms. The largest absolute Gasteiger partial charge is 0.742 e. The lowest BCUT2D eigenvalue weighted by Crippen LogP contribution is -2.32. The smallest absolute Gasteiger partial charge is 0.287 e. The predicted octanol–water partition coefficient (Wildman–Crippen LogP) is 2.95. The standard InChI is InChI=1S/C25H26N4O6S/c1-3-29(4-2)20-12-10-18(11-13-20)16-22(27-24(30)19-8-6-5-7-9-19)25(31)28-26-17-21-14-15-23(35-21)36(32,33)34/h5-17H,3-4H2,1-2H3,(H,27,30)(H,28,31)(H,32,33,34)/p-1/b22-16+,26-17+. The van der Waals surface area contributed by atoms with Crippen LogP contribution in [-0.2, 0) is 14.9 Å². The number of carbonyl (C=O) groups is 2. The summed E-state index contributed by atoms with van der Waals surface area (Å²) in [6.45, 7) is 5.82. The minimum absolute atomic E-state index is 0.0597. The number of hydrazone groups is 1. The van der Waals surface area contributed by atoms with E-state index in [1.807, 2.05) is 24.3 Å². The van der Waals surface area contributed by atoms with E-state index in [0.717, 1.165) is 31.1 Å². The highest BCUT2D eigenvalue weighted by atomic mass is 32.2. The molecule has 0 spiro atoms. The number of hydrogen-bond donors (Lipinski definition) is 2. The Labute approximate surface area is 209 Å². The lowest BCUT2D eigenvalue weighted by atomic mass is 10.1. The summed E-state index contributed by atoms with van der Waals surface area (Å²) in [5.74, 6) is -1.28. The molecule has 2 aromatic carbocycles. The summed E-state index contributed by atoms with van der Waals surface area (Å²) in [4.78, 5) is 27.7. The summed E-state index contributed by atoms with van der Waals surface area (Å²) in [6, 6.07) is 18.1. The van der Waals surface area contributed by atoms with Gasteiger partial charge in [-0.3, -0.25) is 9.59 Å². The van der Waals surface area contributed by atoms with Crippen LogP contribution in [0.2, 0.25) is 0 Å². The summed E-state index contributed by atoms with van der Waals surface area (Å²) in [5, 5.41) is 5.56. The van der Waals surface area contributed by atoms with Gasteiger partial charge in [0, 0.05) is 24.3 Å². The molecule has 188 valence electrons. The Morgan fingerprint density at radius 3 is 2.25 bits per heavy atom. The Balaban J connectivity index is 1.82. The van der Waals surface area contributed by atoms with E-state index in [9.17, 15) is 22.6 Å². The number of nitrogens with zero attached hydrogens (tertiary/aromatic N) is 2. The lowest BCUT2D eigenvalue weighted by molar-refractivity contribution is -0.117. The molecule has 3 rings (SSSR count). The van der Waals surface area contributed by atoms with Gasteiger partial charge in [-0.15, -0.1) is 0 Å². The second kappa shape index (κ2) is 12.0. The van der Waals surface area contributed by atoms with Gasteiger partial charge in [-0.05, 0) is 61.9 Å². The average molecular weight is 510 g/mol. The molecule has 1 aromatic heterocycles. The van der Waals surface area contributed by atoms with Gasteiger partial charge in [0.1, 0.15) is 11.5 Å². The predicted molar refractivity (Wildman–Crippen MR) is 134 cm³/mol. The van der Waals surface area contributed by atoms with Crippen molar-refractivity contribution in [1.29, 1.82) is 0 Å². The Bertz CT molecular complexity index is 1360. The van der Waals surface area contributed by atoms with Crippen LogP contribution in [0.1, 0.15) is 35.5 Å². The van der Waals surface area contributed by atoms with Crippen molar-refractivity contribution in [3.63, 3.8) is 0 Å². The first-order valence-electron chi connectivity index (χ1n) is 11.0. The summed E-state index contributed by atoms with van der Waals surface area (Å²) in [6.07, 6.45) is 2.54. The van der Waals surface area contributed by atoms with E-state index in [4.69, 9.17) is 4.42 Å². The molecule has 0 aliphatic heterocycles. The van der Waals surface area contributed by atoms with Crippen LogP contribution >= 0.6 is 0 Å². The second-order valence-electron chi connectivity index (χ2n) is 7.45. The first kappa shape index (κ1) is 26.4. The fraction of sp³-hybridized carbons (Fsp3) is 0.160. The monoisotopic (exact) mass is 509 g/mol. The third-order valence-electron chi connectivity index (χ3n) is 5.07. The van der Waals surface area contributed by atoms with E-state index < -0.39 is 27.0 Å². The van der Waals surface area contributed by atoms with Gasteiger partial charge in [-0.25, -0.2) is 13.8 Å². The number of carbonyl (C=O) groups excluding carboxylic acids is 2. The van der Waals surface area contributed by atoms with Crippen molar-refractivity contribution in [2.45, 2.75) is 18.9 Å². The first-order chi connectivity index (χ1) is 17.2. The van der Waals surface area contributed by atoms with E-state index in [1.165, 1.54) is 12.1 Å². The van der Waals surface area contributed by atoms with Crippen molar-refractivity contribution in [2.24, 2.45) is 5.10 Å². The van der Waals surface area contributed by atoms with Gasteiger partial charge in [-0.1, -0.05) is 30.3 Å². The summed E-state index contributed by atoms with van der Waals surface area (Å²) < 4.78 is 37.8. The van der Waals surface area contributed by atoms with Crippen molar-refractivity contribution < 1.29 is 27.0 Å². The van der Waals surface area contributed by atoms with Gasteiger partial charge in [0.15, 0.2) is 10.1 Å². The van der Waals surface area contributed by atoms with Crippen LogP contribution in [-0.4, -0.2) is 44.1 Å². The minimum atomic E-state index is -4.75. The molecule has 3 aromatic rings. The summed E-state index contributed by atoms with van der Waals surface area (Å²) >= 11 is 0. The quantitative estimate of drug-likeness (QED) is 0.185. The number of hydrogen-bond acceptors (Lipinski definition) is 8. The SMILES string of the molecule is CCN(CC)c1ccc(/C=C(/NC(=O)c2ccccc2)C(=O)N/N=C/c2ccc(S(=O)(=O)[O-])o2)cc1. The van der Waals surface area contributed by atoms with Gasteiger partial charge >= 0.3 is 0 Å². The van der Waals surface area contributed by atoms with Crippen LogP contribution in [0, 0.1) is 0 Å². The molecule has 0 aliphatic rings. The highest BCUT2D eigenvalue weighted by molar-refractivity contribution is 7.85. The molecule has 11 heteroatoms. The van der Waals surface area contributed by atoms with Gasteiger partial charge < -0.3 is 19.2 Å². The molecular formula is C25H25N4O6S-. The molecule has 2 N–H and O–H groups in total. The molecule has 0 atom stereocenters. The van der Waals surface area contributed by atoms with Crippen LogP contribution in [0.15, 0.2) is 87.0 Å². The van der Waals surface area contributed by atoms with E-state index in [-0.39, 0.29) is 11.5 Å². The number of amides is 2. The Kier molecular flexibility index (Phi) is 8.76. The number of furan rings is 1. The zero-order valence-corrected chi connectivity index (χ0v) is 20.5. The fourth-order valence-corrected chi connectivity index (χ4v) is 3.67. The van der Waals surface area contributed by atoms with Crippen LogP contribution in [0.4, 0.5) is 5.69 Å². The van der Waals surface area contributed by atoms with Gasteiger partial charge in [-0.2, -0.15) is 5.10 Å². The maximum atomic E-state index is 12.8. The van der Waals surface area contributed by atoms with Gasteiger partial charge in [0.2, 0.25) is 5.09 Å². The van der Waals surface area contributed by atoms with Crippen LogP contribution in [0.5, 0.6) is 0 Å². The highest BCUT2D eigenvalue weighted by Crippen LogP contribution is 2.17. The molecule has 36 heavy (non-hydrogen) atoms. The van der Waals surface area contributed by atoms with Crippen LogP contribution in [0.25, 0.3) is 6.08 Å². The molecule has 2 amide bonds. The Hall–Kier alpha value is -4.22. The Morgan fingerprint density at radius 1 is 1.00 bits per heavy atom. The normalized spacial score (nSPS) is 11.9. The van der Waals surface area contributed by atoms with Crippen molar-refractivity contribution in [1.82, 2.24) is 10.7 Å². The van der Waals surface area contributed by atoms with Crippen molar-refractivity contribution in [3.05, 3.63) is 89.3 Å². The topological polar surface area (TPSA) is 144 Å². The van der Waals surface area contributed by atoms with Crippen LogP contribution < -0.4 is 15.6 Å². The van der Waals surface area contributed by atoms with E-state index in [2.05, 4.69) is 34.6 Å². The molecule has 1 heterocycles. The number of anilines is 1. The van der Waals surface area contributed by atoms with Crippen molar-refractivity contribution >= 4 is 39.9 Å². The molecule has 10 nitrogen and oxygen atoms in total. The molecule has 0 aliphatic carbocycles. The molecule has 0 fully saturated rings. The molecule has 0 radical (unpaired) electrons. The summed E-state index contributed by atoms with van der Waals surface area (Å²) in [5.41, 5.74) is 4.24. The molecule has 0 saturated carbocycles. The first-order valence-corrected chi connectivity index (χ1v) is 12.4. The minimum Gasteiger partial charge on any atom is -0.742 e. The molecule has 0 unspecified atom stereocenters. The third-order valence-corrected chi connectivity index (χ3v) is 5.78. The second-order valence-corrected chi connectivity index (χ2v) is 8.76. The fourth-order valence-electron chi connectivity index (χ4n) is 3.23. The zero-order chi connectivity index (χ0) is 26.1. The van der Waals surface area contributed by atoms with Gasteiger partial charge in [0.25, 0.3) is 11.8 Å². The van der Waals surface area contributed by atoms with E-state index in [1.54, 1.807) is 30.3 Å². The molecular weight excluding hydrogens is 484 g/mol. The lowest BCUT2D eigenvalue weighted by Gasteiger charge is -2.20. The number of rotatable bonds is 10. The average Bonchev–Trinajstić information content (AvgIpc) is 3.35. The Morgan fingerprint density at radius 2 is 1.67 bits per heavy atom. The zero-order valence-electron chi connectivity index (χ0n) is 19.7. The third kappa shape index (κ3) is 7.14. The maximum Gasteiger partial charge on any atom is 0.287 e. The van der Waals surface area contributed by atoms with Crippen molar-refractivity contribution in [2.75, 3.05) is 18.0 Å². The number of nitrogens with one attached hydrogen (secondary N) is 2. The van der Waals surface area contributed by atoms with Gasteiger partial charge in [0.05, 0.1) is 6.21 Å². The van der Waals surface area contributed by atoms with Crippen molar-refractivity contribution in [3.8, 4) is 0 Å². The number of benzene rings is 2. The maximum absolute atomic E-state index is 12.8. The van der Waals surface area contributed by atoms with Crippen LogP contribution in [0.3, 0.4) is 0 Å². The summed E-state index contributed by atoms with van der Waals surface area (Å²) in [7, 11) is -4.75. The van der Waals surface area contributed by atoms with E-state index in [0.29, 0.717) is 11.1 Å². The highest BCUT2D eigenvalue weighted by Gasteiger charge is 2.15.